The summed E-state index contributed by atoms with van der Waals surface area (Å²) in [6.07, 6.45) is 4.59. The molecule has 2 aliphatic heterocycles. The number of alkyl halides is 2. The molecule has 1 N–H and O–H groups in total. The maximum Gasteiger partial charge on any atom is 0.387 e. The van der Waals surface area contributed by atoms with Gasteiger partial charge in [0.25, 0.3) is 0 Å². The molecule has 2 aliphatic rings. The van der Waals surface area contributed by atoms with E-state index in [0.717, 1.165) is 39.0 Å². The molecule has 1 aromatic carbocycles. The number of amides is 2. The molecule has 1 atom stereocenters. The number of ether oxygens (including phenoxy) is 1. The summed E-state index contributed by atoms with van der Waals surface area (Å²) in [5, 5.41) is 2.81. The largest absolute Gasteiger partial charge is 0.435 e. The summed E-state index contributed by atoms with van der Waals surface area (Å²) in [4.78, 5) is 31.4. The molecular formula is C22H32F2N4O3. The van der Waals surface area contributed by atoms with E-state index < -0.39 is 6.61 Å². The van der Waals surface area contributed by atoms with Crippen molar-refractivity contribution in [3.8, 4) is 5.75 Å². The zero-order valence-corrected chi connectivity index (χ0v) is 18.1. The lowest BCUT2D eigenvalue weighted by Crippen LogP contribution is -2.54. The molecule has 2 saturated heterocycles. The summed E-state index contributed by atoms with van der Waals surface area (Å²) in [6, 6.07) is 5.53. The molecule has 31 heavy (non-hydrogen) atoms. The van der Waals surface area contributed by atoms with Crippen LogP contribution >= 0.6 is 0 Å². The lowest BCUT2D eigenvalue weighted by Gasteiger charge is -2.37. The Balaban J connectivity index is 1.42. The van der Waals surface area contributed by atoms with Crippen molar-refractivity contribution in [2.75, 3.05) is 51.1 Å². The number of nitrogens with zero attached hydrogens (tertiary/aromatic N) is 3. The fourth-order valence-corrected chi connectivity index (χ4v) is 4.05. The van der Waals surface area contributed by atoms with Gasteiger partial charge in [0, 0.05) is 45.0 Å². The van der Waals surface area contributed by atoms with E-state index in [1.54, 1.807) is 0 Å². The number of benzene rings is 1. The highest BCUT2D eigenvalue weighted by atomic mass is 19.3. The maximum atomic E-state index is 12.6. The van der Waals surface area contributed by atoms with Crippen molar-refractivity contribution in [1.82, 2.24) is 14.7 Å². The number of likely N-dealkylation sites (tertiary alicyclic amines) is 1. The maximum absolute atomic E-state index is 12.6. The highest BCUT2D eigenvalue weighted by Crippen LogP contribution is 2.18. The van der Waals surface area contributed by atoms with Gasteiger partial charge in [0.15, 0.2) is 0 Å². The van der Waals surface area contributed by atoms with Crippen LogP contribution in [0.4, 0.5) is 14.5 Å². The summed E-state index contributed by atoms with van der Waals surface area (Å²) < 4.78 is 28.8. The van der Waals surface area contributed by atoms with Gasteiger partial charge in [0.1, 0.15) is 5.75 Å². The molecular weight excluding hydrogens is 406 g/mol. The molecule has 2 heterocycles. The Morgan fingerprint density at radius 2 is 1.58 bits per heavy atom. The molecule has 7 nitrogen and oxygen atoms in total. The van der Waals surface area contributed by atoms with Gasteiger partial charge in [-0.1, -0.05) is 12.8 Å². The summed E-state index contributed by atoms with van der Waals surface area (Å²) in [5.41, 5.74) is 0.528. The second kappa shape index (κ2) is 11.4. The highest BCUT2D eigenvalue weighted by molar-refractivity contribution is 5.94. The van der Waals surface area contributed by atoms with Gasteiger partial charge >= 0.3 is 6.61 Å². The average molecular weight is 439 g/mol. The molecule has 0 bridgehead atoms. The monoisotopic (exact) mass is 438 g/mol. The van der Waals surface area contributed by atoms with Crippen molar-refractivity contribution >= 4 is 17.5 Å². The second-order valence-corrected chi connectivity index (χ2v) is 8.18. The first-order valence-electron chi connectivity index (χ1n) is 11.0. The summed E-state index contributed by atoms with van der Waals surface area (Å²) in [6.45, 7) is 4.07. The second-order valence-electron chi connectivity index (χ2n) is 8.18. The van der Waals surface area contributed by atoms with Crippen molar-refractivity contribution in [1.29, 1.82) is 0 Å². The third-order valence-corrected chi connectivity index (χ3v) is 6.00. The lowest BCUT2D eigenvalue weighted by atomic mass is 10.2. The number of halogens is 2. The van der Waals surface area contributed by atoms with E-state index in [9.17, 15) is 18.4 Å². The molecule has 9 heteroatoms. The number of rotatable bonds is 7. The van der Waals surface area contributed by atoms with Crippen LogP contribution in [-0.4, -0.2) is 85.0 Å². The molecule has 2 fully saturated rings. The Hall–Kier alpha value is -2.26. The average Bonchev–Trinajstić information content (AvgIpc) is 3.04. The van der Waals surface area contributed by atoms with E-state index in [0.29, 0.717) is 25.3 Å². The number of carbonyl (C=O) groups excluding carboxylic acids is 2. The van der Waals surface area contributed by atoms with Gasteiger partial charge in [-0.15, -0.1) is 0 Å². The van der Waals surface area contributed by atoms with Crippen LogP contribution in [-0.2, 0) is 9.59 Å². The Morgan fingerprint density at radius 3 is 2.16 bits per heavy atom. The van der Waals surface area contributed by atoms with E-state index in [1.807, 2.05) is 11.8 Å². The van der Waals surface area contributed by atoms with E-state index in [-0.39, 0.29) is 23.6 Å². The Bertz CT molecular complexity index is 716. The van der Waals surface area contributed by atoms with Gasteiger partial charge in [-0.25, -0.2) is 0 Å². The summed E-state index contributed by atoms with van der Waals surface area (Å²) in [5.74, 6) is 0.101. The first-order valence-corrected chi connectivity index (χ1v) is 11.0. The number of anilines is 1. The molecule has 0 aromatic heterocycles. The summed E-state index contributed by atoms with van der Waals surface area (Å²) in [7, 11) is 0. The van der Waals surface area contributed by atoms with Crippen molar-refractivity contribution in [2.24, 2.45) is 0 Å². The molecule has 1 aromatic rings. The lowest BCUT2D eigenvalue weighted by molar-refractivity contribution is -0.133. The van der Waals surface area contributed by atoms with E-state index in [2.05, 4.69) is 19.9 Å². The fraction of sp³-hybridized carbons (Fsp3) is 0.636. The van der Waals surface area contributed by atoms with Gasteiger partial charge in [0.05, 0.1) is 12.6 Å². The molecule has 0 spiro atoms. The van der Waals surface area contributed by atoms with Crippen LogP contribution in [0, 0.1) is 0 Å². The predicted octanol–water partition coefficient (Wildman–Crippen LogP) is 2.64. The minimum Gasteiger partial charge on any atom is -0.435 e. The van der Waals surface area contributed by atoms with Crippen molar-refractivity contribution in [2.45, 2.75) is 45.3 Å². The molecule has 2 amide bonds. The number of carbonyl (C=O) groups is 2. The van der Waals surface area contributed by atoms with Gasteiger partial charge in [-0.05, 0) is 44.0 Å². The first kappa shape index (κ1) is 23.4. The number of hydrogen-bond acceptors (Lipinski definition) is 5. The third-order valence-electron chi connectivity index (χ3n) is 6.00. The van der Waals surface area contributed by atoms with E-state index in [1.165, 1.54) is 37.1 Å². The van der Waals surface area contributed by atoms with Gasteiger partial charge in [-0.2, -0.15) is 8.78 Å². The standard InChI is InChI=1S/C22H32F2N4O3/c1-17(21(30)25-18-6-8-19(9-7-18)31-22(23)24)27-14-12-26(13-15-27)16-20(29)28-10-4-2-3-5-11-28/h6-9,17,22H,2-5,10-16H2,1H3,(H,25,30)/t17-/m0/s1. The quantitative estimate of drug-likeness (QED) is 0.709. The van der Waals surface area contributed by atoms with E-state index in [4.69, 9.17) is 0 Å². The van der Waals surface area contributed by atoms with E-state index >= 15 is 0 Å². The Kier molecular flexibility index (Phi) is 8.60. The normalized spacial score (nSPS) is 19.7. The third kappa shape index (κ3) is 7.14. The van der Waals surface area contributed by atoms with Crippen molar-refractivity contribution in [3.05, 3.63) is 24.3 Å². The van der Waals surface area contributed by atoms with Gasteiger partial charge < -0.3 is 15.0 Å². The van der Waals surface area contributed by atoms with Gasteiger partial charge in [0.2, 0.25) is 11.8 Å². The number of piperazine rings is 1. The van der Waals surface area contributed by atoms with Crippen LogP contribution < -0.4 is 10.1 Å². The first-order chi connectivity index (χ1) is 14.9. The minimum atomic E-state index is -2.88. The predicted molar refractivity (Wildman–Crippen MR) is 114 cm³/mol. The number of hydrogen-bond donors (Lipinski definition) is 1. The van der Waals surface area contributed by atoms with Gasteiger partial charge in [-0.3, -0.25) is 19.4 Å². The fourth-order valence-electron chi connectivity index (χ4n) is 4.05. The molecule has 0 radical (unpaired) electrons. The van der Waals surface area contributed by atoms with Crippen LogP contribution in [0.25, 0.3) is 0 Å². The zero-order chi connectivity index (χ0) is 22.2. The van der Waals surface area contributed by atoms with Crippen molar-refractivity contribution < 1.29 is 23.1 Å². The topological polar surface area (TPSA) is 65.1 Å². The molecule has 3 rings (SSSR count). The SMILES string of the molecule is C[C@@H](C(=O)Nc1ccc(OC(F)F)cc1)N1CCN(CC(=O)N2CCCCCC2)CC1. The zero-order valence-electron chi connectivity index (χ0n) is 18.1. The van der Waals surface area contributed by atoms with Crippen LogP contribution in [0.2, 0.25) is 0 Å². The van der Waals surface area contributed by atoms with Crippen molar-refractivity contribution in [3.63, 3.8) is 0 Å². The Labute approximate surface area is 182 Å². The Morgan fingerprint density at radius 1 is 0.968 bits per heavy atom. The molecule has 172 valence electrons. The smallest absolute Gasteiger partial charge is 0.387 e. The van der Waals surface area contributed by atoms with Crippen LogP contribution in [0.3, 0.4) is 0 Å². The summed E-state index contributed by atoms with van der Waals surface area (Å²) >= 11 is 0. The molecule has 0 saturated carbocycles. The molecule has 0 unspecified atom stereocenters. The minimum absolute atomic E-state index is 0.0480. The molecule has 0 aliphatic carbocycles. The van der Waals surface area contributed by atoms with Crippen LogP contribution in [0.5, 0.6) is 5.75 Å². The van der Waals surface area contributed by atoms with Crippen LogP contribution in [0.1, 0.15) is 32.6 Å². The number of nitrogens with one attached hydrogen (secondary N) is 1. The van der Waals surface area contributed by atoms with Crippen LogP contribution in [0.15, 0.2) is 24.3 Å². The highest BCUT2D eigenvalue weighted by Gasteiger charge is 2.27.